The van der Waals surface area contributed by atoms with Gasteiger partial charge in [-0.05, 0) is 42.9 Å². The zero-order valence-electron chi connectivity index (χ0n) is 19.4. The van der Waals surface area contributed by atoms with Crippen molar-refractivity contribution < 1.29 is 9.53 Å². The lowest BCUT2D eigenvalue weighted by Gasteiger charge is -2.34. The van der Waals surface area contributed by atoms with Gasteiger partial charge in [0.25, 0.3) is 5.91 Å². The second-order valence-electron chi connectivity index (χ2n) is 8.27. The Morgan fingerprint density at radius 3 is 2.50 bits per heavy atom. The van der Waals surface area contributed by atoms with E-state index >= 15 is 0 Å². The van der Waals surface area contributed by atoms with Gasteiger partial charge in [-0.3, -0.25) is 4.79 Å². The van der Waals surface area contributed by atoms with E-state index in [9.17, 15) is 4.79 Å². The van der Waals surface area contributed by atoms with Crippen molar-refractivity contribution in [2.45, 2.75) is 6.92 Å². The summed E-state index contributed by atoms with van der Waals surface area (Å²) in [7, 11) is 1.67. The number of likely N-dealkylation sites (N-methyl/N-ethyl adjacent to an activating group) is 1. The van der Waals surface area contributed by atoms with Gasteiger partial charge < -0.3 is 19.9 Å². The number of ether oxygens (including phenoxy) is 1. The number of aromatic nitrogens is 3. The molecule has 174 valence electrons. The van der Waals surface area contributed by atoms with E-state index in [0.717, 1.165) is 60.8 Å². The molecule has 0 radical (unpaired) electrons. The molecule has 3 heterocycles. The Labute approximate surface area is 198 Å². The highest BCUT2D eigenvalue weighted by Crippen LogP contribution is 2.33. The Balaban J connectivity index is 1.29. The van der Waals surface area contributed by atoms with Crippen LogP contribution in [-0.2, 0) is 0 Å². The fourth-order valence-corrected chi connectivity index (χ4v) is 4.33. The Morgan fingerprint density at radius 2 is 1.76 bits per heavy atom. The molecule has 0 atom stereocenters. The quantitative estimate of drug-likeness (QED) is 0.474. The van der Waals surface area contributed by atoms with E-state index in [2.05, 4.69) is 27.2 Å². The fraction of sp³-hybridized carbons (Fsp3) is 0.269. The number of carbonyl (C=O) groups is 1. The first-order valence-corrected chi connectivity index (χ1v) is 11.5. The van der Waals surface area contributed by atoms with Crippen LogP contribution in [-0.4, -0.2) is 70.1 Å². The highest BCUT2D eigenvalue weighted by atomic mass is 16.5. The van der Waals surface area contributed by atoms with Crippen molar-refractivity contribution in [2.24, 2.45) is 0 Å². The predicted octanol–water partition coefficient (Wildman–Crippen LogP) is 3.93. The molecule has 1 aliphatic rings. The van der Waals surface area contributed by atoms with Gasteiger partial charge in [0.1, 0.15) is 5.75 Å². The molecule has 5 rings (SSSR count). The molecular weight excluding hydrogens is 428 g/mol. The summed E-state index contributed by atoms with van der Waals surface area (Å²) in [5, 5.41) is 7.82. The van der Waals surface area contributed by atoms with Crippen LogP contribution in [0.3, 0.4) is 0 Å². The van der Waals surface area contributed by atoms with Crippen molar-refractivity contribution in [1.29, 1.82) is 0 Å². The van der Waals surface area contributed by atoms with E-state index < -0.39 is 0 Å². The van der Waals surface area contributed by atoms with Crippen LogP contribution >= 0.6 is 0 Å². The van der Waals surface area contributed by atoms with Gasteiger partial charge in [0, 0.05) is 54.8 Å². The summed E-state index contributed by atoms with van der Waals surface area (Å²) < 4.78 is 7.30. The third-order valence-electron chi connectivity index (χ3n) is 6.31. The summed E-state index contributed by atoms with van der Waals surface area (Å²) in [6, 6.07) is 17.4. The molecule has 2 aromatic carbocycles. The lowest BCUT2D eigenvalue weighted by molar-refractivity contribution is 0.0643. The second kappa shape index (κ2) is 9.52. The first-order chi connectivity index (χ1) is 16.7. The van der Waals surface area contributed by atoms with E-state index in [4.69, 9.17) is 4.74 Å². The molecule has 0 unspecified atom stereocenters. The van der Waals surface area contributed by atoms with Crippen molar-refractivity contribution in [2.75, 3.05) is 45.2 Å². The fourth-order valence-electron chi connectivity index (χ4n) is 4.33. The number of benzene rings is 2. The molecule has 4 aromatic rings. The number of piperazine rings is 1. The summed E-state index contributed by atoms with van der Waals surface area (Å²) in [6.07, 6.45) is 3.70. The van der Waals surface area contributed by atoms with Crippen LogP contribution < -0.4 is 10.1 Å². The topological polar surface area (TPSA) is 75.0 Å². The third kappa shape index (κ3) is 4.32. The summed E-state index contributed by atoms with van der Waals surface area (Å²) in [5.74, 6) is 1.36. The molecule has 34 heavy (non-hydrogen) atoms. The van der Waals surface area contributed by atoms with Gasteiger partial charge >= 0.3 is 0 Å². The summed E-state index contributed by atoms with van der Waals surface area (Å²) in [5.41, 5.74) is 4.40. The van der Waals surface area contributed by atoms with E-state index in [-0.39, 0.29) is 5.91 Å². The Hall–Kier alpha value is -3.91. The number of hydrogen-bond acceptors (Lipinski definition) is 6. The van der Waals surface area contributed by atoms with E-state index in [1.807, 2.05) is 65.7 Å². The van der Waals surface area contributed by atoms with Crippen LogP contribution in [0.1, 0.15) is 17.3 Å². The lowest BCUT2D eigenvalue weighted by atomic mass is 10.1. The van der Waals surface area contributed by atoms with Gasteiger partial charge in [-0.25, -0.2) is 9.50 Å². The molecule has 1 saturated heterocycles. The minimum absolute atomic E-state index is 0.0798. The zero-order chi connectivity index (χ0) is 23.5. The molecule has 0 saturated carbocycles. The largest absolute Gasteiger partial charge is 0.496 e. The molecule has 0 spiro atoms. The maximum Gasteiger partial charge on any atom is 0.253 e. The normalized spacial score (nSPS) is 14.4. The van der Waals surface area contributed by atoms with Gasteiger partial charge in [-0.1, -0.05) is 25.1 Å². The van der Waals surface area contributed by atoms with Crippen LogP contribution in [0.5, 0.6) is 5.75 Å². The second-order valence-corrected chi connectivity index (χ2v) is 8.27. The zero-order valence-corrected chi connectivity index (χ0v) is 19.4. The highest BCUT2D eigenvalue weighted by Gasteiger charge is 2.21. The maximum absolute atomic E-state index is 12.8. The monoisotopic (exact) mass is 456 g/mol. The number of rotatable bonds is 6. The minimum Gasteiger partial charge on any atom is -0.496 e. The van der Waals surface area contributed by atoms with Gasteiger partial charge in [0.2, 0.25) is 5.95 Å². The molecule has 0 bridgehead atoms. The number of anilines is 2. The maximum atomic E-state index is 12.8. The minimum atomic E-state index is 0.0798. The standard InChI is InChI=1S/C26H28N6O2/c1-3-30-14-16-31(17-15-30)25(33)19-8-10-20(11-9-19)28-26-27-18-23-21(12-13-32(23)29-26)22-6-4-5-7-24(22)34-2/h4-13,18H,3,14-17H2,1-2H3,(H,28,29). The van der Waals surface area contributed by atoms with Crippen LogP contribution in [0.25, 0.3) is 16.6 Å². The molecule has 1 aliphatic heterocycles. The van der Waals surface area contributed by atoms with Gasteiger partial charge in [0.05, 0.1) is 18.8 Å². The summed E-state index contributed by atoms with van der Waals surface area (Å²) in [6.45, 7) is 6.59. The van der Waals surface area contributed by atoms with Crippen LogP contribution in [0, 0.1) is 0 Å². The van der Waals surface area contributed by atoms with Gasteiger partial charge in [-0.2, -0.15) is 0 Å². The highest BCUT2D eigenvalue weighted by molar-refractivity contribution is 5.94. The molecule has 8 heteroatoms. The van der Waals surface area contributed by atoms with Crippen molar-refractivity contribution in [1.82, 2.24) is 24.4 Å². The van der Waals surface area contributed by atoms with E-state index in [1.54, 1.807) is 17.8 Å². The third-order valence-corrected chi connectivity index (χ3v) is 6.31. The molecule has 2 aromatic heterocycles. The number of carbonyl (C=O) groups excluding carboxylic acids is 1. The van der Waals surface area contributed by atoms with Crippen LogP contribution in [0.15, 0.2) is 67.0 Å². The molecule has 0 aliphatic carbocycles. The van der Waals surface area contributed by atoms with Crippen molar-refractivity contribution in [3.8, 4) is 16.9 Å². The molecule has 8 nitrogen and oxygen atoms in total. The number of fused-ring (bicyclic) bond motifs is 1. The van der Waals surface area contributed by atoms with Crippen LogP contribution in [0.4, 0.5) is 11.6 Å². The van der Waals surface area contributed by atoms with E-state index in [1.165, 1.54) is 0 Å². The first-order valence-electron chi connectivity index (χ1n) is 11.5. The Bertz CT molecular complexity index is 1290. The van der Waals surface area contributed by atoms with Crippen LogP contribution in [0.2, 0.25) is 0 Å². The number of methoxy groups -OCH3 is 1. The SMILES string of the molecule is CCN1CCN(C(=O)c2ccc(Nc3ncc4c(-c5ccccc5OC)ccn4n3)cc2)CC1. The smallest absolute Gasteiger partial charge is 0.253 e. The summed E-state index contributed by atoms with van der Waals surface area (Å²) >= 11 is 0. The number of hydrogen-bond donors (Lipinski definition) is 1. The van der Waals surface area contributed by atoms with Crippen molar-refractivity contribution in [3.05, 3.63) is 72.6 Å². The van der Waals surface area contributed by atoms with Crippen molar-refractivity contribution in [3.63, 3.8) is 0 Å². The van der Waals surface area contributed by atoms with Gasteiger partial charge in [-0.15, -0.1) is 5.10 Å². The Kier molecular flexibility index (Phi) is 6.14. The number of nitrogens with one attached hydrogen (secondary N) is 1. The molecule has 1 amide bonds. The average Bonchev–Trinajstić information content (AvgIpc) is 3.32. The average molecular weight is 457 g/mol. The molecular formula is C26H28N6O2. The number of amides is 1. The summed E-state index contributed by atoms with van der Waals surface area (Å²) in [4.78, 5) is 21.6. The lowest BCUT2D eigenvalue weighted by Crippen LogP contribution is -2.48. The number of para-hydroxylation sites is 1. The number of nitrogens with zero attached hydrogens (tertiary/aromatic N) is 5. The van der Waals surface area contributed by atoms with Crippen molar-refractivity contribution >= 4 is 23.1 Å². The predicted molar refractivity (Wildman–Crippen MR) is 133 cm³/mol. The Morgan fingerprint density at radius 1 is 1.00 bits per heavy atom. The van der Waals surface area contributed by atoms with Gasteiger partial charge in [0.15, 0.2) is 0 Å². The molecule has 1 N–H and O–H groups in total. The molecule has 1 fully saturated rings. The first kappa shape index (κ1) is 21.9. The van der Waals surface area contributed by atoms with E-state index in [0.29, 0.717) is 11.5 Å².